The summed E-state index contributed by atoms with van der Waals surface area (Å²) in [6, 6.07) is 14.0. The van der Waals surface area contributed by atoms with Crippen LogP contribution in [0.1, 0.15) is 289 Å². The first-order valence-corrected chi connectivity index (χ1v) is 33.4. The Morgan fingerprint density at radius 3 is 1.18 bits per heavy atom. The lowest BCUT2D eigenvalue weighted by Gasteiger charge is -2.18. The van der Waals surface area contributed by atoms with Crippen LogP contribution in [0.5, 0.6) is 0 Å². The molecule has 6 aliphatic heterocycles. The first kappa shape index (κ1) is 60.7. The molecule has 438 valence electrons. The Kier molecular flexibility index (Phi) is 23.4. The van der Waals surface area contributed by atoms with Gasteiger partial charge in [-0.2, -0.15) is 0 Å². The van der Waals surface area contributed by atoms with Crippen molar-refractivity contribution in [1.82, 2.24) is 14.9 Å². The van der Waals surface area contributed by atoms with Crippen LogP contribution in [0.4, 0.5) is 11.6 Å². The van der Waals surface area contributed by atoms with Crippen LogP contribution in [-0.2, 0) is 39.8 Å². The third-order valence-corrected chi connectivity index (χ3v) is 17.8. The Balaban J connectivity index is 1.17. The van der Waals surface area contributed by atoms with Crippen LogP contribution in [0.15, 0.2) is 91.1 Å². The molecular formula is C72H101N10+. The lowest BCUT2D eigenvalue weighted by Crippen LogP contribution is -2.32. The number of aromatic nitrogens is 3. The molecule has 0 radical (unpaired) electrons. The van der Waals surface area contributed by atoms with Gasteiger partial charge in [0.25, 0.3) is 0 Å². The van der Waals surface area contributed by atoms with Crippen LogP contribution < -0.4 is 9.88 Å². The van der Waals surface area contributed by atoms with E-state index in [-0.39, 0.29) is 0 Å². The molecular weight excluding hydrogens is 1000 g/mol. The summed E-state index contributed by atoms with van der Waals surface area (Å²) < 4.78 is 4.15. The van der Waals surface area contributed by atoms with Gasteiger partial charge in [-0.15, -0.1) is 0 Å². The van der Waals surface area contributed by atoms with Crippen LogP contribution in [0.3, 0.4) is 0 Å². The minimum Gasteiger partial charge on any atom is -0.356 e. The molecule has 8 bridgehead atoms. The number of fused-ring (bicyclic) bond motifs is 17. The summed E-state index contributed by atoms with van der Waals surface area (Å²) >= 11 is 0. The van der Waals surface area contributed by atoms with Crippen LogP contribution in [0.25, 0.3) is 11.1 Å². The SMILES string of the molecule is CCCCCCCCCCc1ccc(CCCCCCCCCC)c2c1C1=NC3=NC(=Nc4nc(c5cn(C)ccc4-5)N=C4N=C(NC2=N1)c1c(CCCCCCCCCC)ccc(CCCCCCCCCC)c14)c1c[n+](C)ccc13. The number of unbranched alkanes of at least 4 members (excludes halogenated alkanes) is 28. The fourth-order valence-corrected chi connectivity index (χ4v) is 13.0. The Morgan fingerprint density at radius 1 is 0.366 bits per heavy atom. The molecule has 7 heterocycles. The van der Waals surface area contributed by atoms with E-state index >= 15 is 0 Å². The average Bonchev–Trinajstić information content (AvgIpc) is 4.19. The zero-order valence-electron chi connectivity index (χ0n) is 51.8. The zero-order chi connectivity index (χ0) is 56.9. The summed E-state index contributed by atoms with van der Waals surface area (Å²) in [5, 5.41) is 4.09. The molecule has 0 fully saturated rings. The zero-order valence-corrected chi connectivity index (χ0v) is 51.8. The molecule has 1 aromatic heterocycles. The van der Waals surface area contributed by atoms with E-state index < -0.39 is 0 Å². The summed E-state index contributed by atoms with van der Waals surface area (Å²) in [7, 11) is 4.12. The van der Waals surface area contributed by atoms with Crippen LogP contribution in [0, 0.1) is 0 Å². The second-order valence-corrected chi connectivity index (χ2v) is 24.6. The van der Waals surface area contributed by atoms with Gasteiger partial charge in [0, 0.05) is 64.5 Å². The van der Waals surface area contributed by atoms with E-state index in [1.54, 1.807) is 0 Å². The highest BCUT2D eigenvalue weighted by Crippen LogP contribution is 2.42. The maximum absolute atomic E-state index is 5.71. The van der Waals surface area contributed by atoms with Gasteiger partial charge in [0.15, 0.2) is 47.4 Å². The lowest BCUT2D eigenvalue weighted by atomic mass is 9.89. The second kappa shape index (κ2) is 31.7. The topological polar surface area (TPSA) is 108 Å². The smallest absolute Gasteiger partial charge is 0.180 e. The number of nitrogens with zero attached hydrogens (tertiary/aromatic N) is 9. The number of amidine groups is 6. The van der Waals surface area contributed by atoms with Gasteiger partial charge in [-0.05, 0) is 79.7 Å². The molecule has 10 nitrogen and oxygen atoms in total. The second-order valence-electron chi connectivity index (χ2n) is 24.6. The molecule has 82 heavy (non-hydrogen) atoms. The quantitative estimate of drug-likeness (QED) is 0.0319. The minimum absolute atomic E-state index is 0.595. The van der Waals surface area contributed by atoms with Gasteiger partial charge in [0.1, 0.15) is 18.7 Å². The molecule has 2 aromatic carbocycles. The van der Waals surface area contributed by atoms with Crippen LogP contribution >= 0.6 is 0 Å². The number of rotatable bonds is 36. The van der Waals surface area contributed by atoms with Crippen molar-refractivity contribution in [3.63, 3.8) is 0 Å². The van der Waals surface area contributed by atoms with Gasteiger partial charge in [0.2, 0.25) is 0 Å². The van der Waals surface area contributed by atoms with E-state index in [0.29, 0.717) is 23.3 Å². The van der Waals surface area contributed by atoms with Crippen molar-refractivity contribution < 1.29 is 4.57 Å². The van der Waals surface area contributed by atoms with Crippen molar-refractivity contribution in [1.29, 1.82) is 0 Å². The number of nitrogens with one attached hydrogen (secondary N) is 1. The maximum atomic E-state index is 5.71. The highest BCUT2D eigenvalue weighted by molar-refractivity contribution is 6.34. The van der Waals surface area contributed by atoms with E-state index in [9.17, 15) is 0 Å². The average molecular weight is 1110 g/mol. The lowest BCUT2D eigenvalue weighted by molar-refractivity contribution is -0.671. The van der Waals surface area contributed by atoms with Crippen molar-refractivity contribution >= 4 is 46.6 Å². The first-order chi connectivity index (χ1) is 40.4. The number of aryl methyl sites for hydroxylation is 6. The Morgan fingerprint density at radius 2 is 0.732 bits per heavy atom. The molecule has 0 atom stereocenters. The molecule has 3 aromatic rings. The van der Waals surface area contributed by atoms with Crippen molar-refractivity contribution in [3.05, 3.63) is 117 Å². The van der Waals surface area contributed by atoms with Crippen LogP contribution in [0.2, 0.25) is 0 Å². The molecule has 0 saturated heterocycles. The highest BCUT2D eigenvalue weighted by atomic mass is 15.2. The number of benzene rings is 2. The standard InChI is InChI=1S/C72H101N10/c1-7-11-15-19-23-27-31-35-39-53-43-45-55(41-37-33-29-25-21-17-13-9-3)63-61(53)69-76-66-58-48-50-81(5)51-59(58)67(75-66)73-65-57-47-49-82(6)52-60(57)68(74-65)77-70-62-54(40-36-32-28-24-20-16-12-8-2)44-46-56(42-38-34-30-26-22-18-14-10-4)64(62)72(79-70)80-71(63)78-69/h43-52H,7-42H2,1-6H3,(H,73,74,75,76,77,78,79,80)/q+1. The third kappa shape index (κ3) is 15.8. The van der Waals surface area contributed by atoms with Gasteiger partial charge in [-0.3, -0.25) is 0 Å². The van der Waals surface area contributed by atoms with E-state index in [4.69, 9.17) is 34.9 Å². The Bertz CT molecular complexity index is 3050. The van der Waals surface area contributed by atoms with E-state index in [1.807, 2.05) is 0 Å². The van der Waals surface area contributed by atoms with E-state index in [0.717, 1.165) is 108 Å². The normalized spacial score (nSPS) is 14.1. The van der Waals surface area contributed by atoms with Crippen molar-refractivity contribution in [2.45, 2.75) is 259 Å². The number of aliphatic imine (C=N–C) groups is 6. The molecule has 0 unspecified atom stereocenters. The van der Waals surface area contributed by atoms with E-state index in [2.05, 4.69) is 117 Å². The predicted molar refractivity (Wildman–Crippen MR) is 347 cm³/mol. The number of hydrogen-bond acceptors (Lipinski definition) is 8. The summed E-state index contributed by atoms with van der Waals surface area (Å²) in [5.74, 6) is 5.56. The molecule has 10 heteroatoms. The van der Waals surface area contributed by atoms with Crippen molar-refractivity contribution in [2.75, 3.05) is 0 Å². The van der Waals surface area contributed by atoms with Gasteiger partial charge >= 0.3 is 0 Å². The monoisotopic (exact) mass is 1110 g/mol. The fraction of sp³-hybridized carbons (Fsp3) is 0.583. The molecule has 0 saturated carbocycles. The molecule has 0 spiro atoms. The van der Waals surface area contributed by atoms with Gasteiger partial charge in [-0.25, -0.2) is 39.5 Å². The summed E-state index contributed by atoms with van der Waals surface area (Å²) in [6.07, 6.45) is 53.3. The summed E-state index contributed by atoms with van der Waals surface area (Å²) in [5.41, 5.74) is 13.7. The molecule has 0 aliphatic carbocycles. The maximum Gasteiger partial charge on any atom is 0.180 e. The van der Waals surface area contributed by atoms with Gasteiger partial charge in [0.05, 0.1) is 5.56 Å². The molecule has 1 N–H and O–H groups in total. The van der Waals surface area contributed by atoms with Gasteiger partial charge < -0.3 is 9.88 Å². The predicted octanol–water partition coefficient (Wildman–Crippen LogP) is 18.6. The van der Waals surface area contributed by atoms with Crippen molar-refractivity contribution in [2.24, 2.45) is 44.0 Å². The Hall–Kier alpha value is -5.90. The van der Waals surface area contributed by atoms with Gasteiger partial charge in [-0.1, -0.05) is 232 Å². The van der Waals surface area contributed by atoms with E-state index in [1.165, 1.54) is 213 Å². The Labute approximate surface area is 494 Å². The largest absolute Gasteiger partial charge is 0.356 e. The third-order valence-electron chi connectivity index (χ3n) is 17.8. The number of pyridine rings is 2. The highest BCUT2D eigenvalue weighted by Gasteiger charge is 2.36. The minimum atomic E-state index is 0.595. The summed E-state index contributed by atoms with van der Waals surface area (Å²) in [4.78, 5) is 38.7. The fourth-order valence-electron chi connectivity index (χ4n) is 13.0. The van der Waals surface area contributed by atoms with Crippen molar-refractivity contribution in [3.8, 4) is 11.1 Å². The van der Waals surface area contributed by atoms with Crippen LogP contribution in [-0.4, -0.2) is 44.6 Å². The summed E-state index contributed by atoms with van der Waals surface area (Å²) in [6.45, 7) is 9.22. The molecule has 9 rings (SSSR count). The number of hydrogen-bond donors (Lipinski definition) is 1. The molecule has 0 amide bonds. The first-order valence-electron chi connectivity index (χ1n) is 33.4. The molecule has 6 aliphatic rings.